The fourth-order valence-electron chi connectivity index (χ4n) is 4.47. The number of nitrogens with one attached hydrogen (secondary N) is 1. The van der Waals surface area contributed by atoms with E-state index in [1.54, 1.807) is 4.90 Å². The molecule has 4 aromatic carbocycles. The maximum Gasteiger partial charge on any atom is 0.128 e. The van der Waals surface area contributed by atoms with Crippen molar-refractivity contribution in [3.05, 3.63) is 113 Å². The highest BCUT2D eigenvalue weighted by molar-refractivity contribution is 5.87. The van der Waals surface area contributed by atoms with Gasteiger partial charge in [-0.05, 0) is 85.3 Å². The molecule has 0 aliphatic heterocycles. The Morgan fingerprint density at radius 2 is 1.11 bits per heavy atom. The van der Waals surface area contributed by atoms with Gasteiger partial charge >= 0.3 is 0 Å². The molecule has 0 spiro atoms. The summed E-state index contributed by atoms with van der Waals surface area (Å²) in [5.41, 5.74) is 4.58. The van der Waals surface area contributed by atoms with Crippen LogP contribution in [0.1, 0.15) is 50.7 Å². The molecule has 0 saturated heterocycles. The first-order valence-electron chi connectivity index (χ1n) is 13.1. The molecule has 38 heavy (non-hydrogen) atoms. The number of hydrogen-bond donors (Lipinski definition) is 1. The summed E-state index contributed by atoms with van der Waals surface area (Å²) in [4.78, 5) is 1.77. The smallest absolute Gasteiger partial charge is 0.128 e. The van der Waals surface area contributed by atoms with Gasteiger partial charge in [0.25, 0.3) is 0 Å². The van der Waals surface area contributed by atoms with Crippen LogP contribution >= 0.6 is 0 Å². The molecule has 6 heteroatoms. The van der Waals surface area contributed by atoms with Gasteiger partial charge in [0.05, 0.1) is 17.1 Å². The van der Waals surface area contributed by atoms with Crippen molar-refractivity contribution in [3.8, 4) is 0 Å². The number of anilines is 5. The number of aryl methyl sites for hydroxylation is 2. The summed E-state index contributed by atoms with van der Waals surface area (Å²) in [5.74, 6) is -2.82. The number of halogens is 4. The van der Waals surface area contributed by atoms with Gasteiger partial charge in [-0.3, -0.25) is 0 Å². The molecule has 4 aromatic rings. The van der Waals surface area contributed by atoms with E-state index in [1.807, 2.05) is 42.5 Å². The number of nitrogens with zero attached hydrogens (tertiary/aromatic N) is 1. The van der Waals surface area contributed by atoms with Crippen LogP contribution in [0, 0.1) is 23.3 Å². The van der Waals surface area contributed by atoms with E-state index >= 15 is 0 Å². The second-order valence-electron chi connectivity index (χ2n) is 9.47. The van der Waals surface area contributed by atoms with E-state index in [-0.39, 0.29) is 5.69 Å². The standard InChI is InChI=1S/C32H32F4N2/c1-3-5-7-22-9-12-29(13-10-22)38(30-20-26(35)17-27(36)21-30)32-15-23(8-6-4-2)11-14-31(32)37-28-18-24(33)16-25(34)19-28/h9-21,37H,3-8H2,1-2H3. The van der Waals surface area contributed by atoms with Gasteiger partial charge in [0.1, 0.15) is 23.3 Å². The van der Waals surface area contributed by atoms with Gasteiger partial charge in [-0.25, -0.2) is 17.6 Å². The lowest BCUT2D eigenvalue weighted by Gasteiger charge is -2.29. The van der Waals surface area contributed by atoms with E-state index < -0.39 is 23.3 Å². The second-order valence-corrected chi connectivity index (χ2v) is 9.47. The number of benzene rings is 4. The zero-order valence-corrected chi connectivity index (χ0v) is 21.7. The maximum atomic E-state index is 14.4. The Labute approximate surface area is 221 Å². The summed E-state index contributed by atoms with van der Waals surface area (Å²) in [5, 5.41) is 3.12. The summed E-state index contributed by atoms with van der Waals surface area (Å²) in [6.45, 7) is 4.25. The molecule has 0 fully saturated rings. The highest BCUT2D eigenvalue weighted by Gasteiger charge is 2.19. The van der Waals surface area contributed by atoms with Crippen molar-refractivity contribution >= 4 is 28.4 Å². The third-order valence-corrected chi connectivity index (χ3v) is 6.38. The molecule has 0 amide bonds. The van der Waals surface area contributed by atoms with Crippen molar-refractivity contribution in [2.75, 3.05) is 10.2 Å². The van der Waals surface area contributed by atoms with Crippen LogP contribution in [0.3, 0.4) is 0 Å². The van der Waals surface area contributed by atoms with Gasteiger partial charge in [-0.15, -0.1) is 0 Å². The van der Waals surface area contributed by atoms with E-state index in [0.717, 1.165) is 56.2 Å². The summed E-state index contributed by atoms with van der Waals surface area (Å²) < 4.78 is 56.8. The molecule has 198 valence electrons. The van der Waals surface area contributed by atoms with E-state index in [2.05, 4.69) is 19.2 Å². The Morgan fingerprint density at radius 3 is 1.68 bits per heavy atom. The molecule has 0 aromatic heterocycles. The lowest BCUT2D eigenvalue weighted by atomic mass is 10.0. The van der Waals surface area contributed by atoms with Crippen molar-refractivity contribution in [1.29, 1.82) is 0 Å². The van der Waals surface area contributed by atoms with Crippen molar-refractivity contribution in [2.45, 2.75) is 52.4 Å². The van der Waals surface area contributed by atoms with Gasteiger partial charge < -0.3 is 10.2 Å². The number of hydrogen-bond acceptors (Lipinski definition) is 2. The van der Waals surface area contributed by atoms with Gasteiger partial charge in [-0.1, -0.05) is 44.9 Å². The molecule has 0 heterocycles. The van der Waals surface area contributed by atoms with Crippen molar-refractivity contribution in [2.24, 2.45) is 0 Å². The highest BCUT2D eigenvalue weighted by Crippen LogP contribution is 2.41. The van der Waals surface area contributed by atoms with Crippen LogP contribution in [0.25, 0.3) is 0 Å². The van der Waals surface area contributed by atoms with E-state index in [1.165, 1.54) is 29.8 Å². The minimum Gasteiger partial charge on any atom is -0.354 e. The first-order valence-corrected chi connectivity index (χ1v) is 13.1. The minimum atomic E-state index is -0.708. The lowest BCUT2D eigenvalue weighted by molar-refractivity contribution is 0.583. The van der Waals surface area contributed by atoms with Gasteiger partial charge in [0, 0.05) is 23.5 Å². The van der Waals surface area contributed by atoms with E-state index in [0.29, 0.717) is 22.7 Å². The fraction of sp³-hybridized carbons (Fsp3) is 0.250. The zero-order chi connectivity index (χ0) is 27.1. The summed E-state index contributed by atoms with van der Waals surface area (Å²) >= 11 is 0. The van der Waals surface area contributed by atoms with Crippen molar-refractivity contribution in [1.82, 2.24) is 0 Å². The quantitative estimate of drug-likeness (QED) is 0.198. The molecule has 2 nitrogen and oxygen atoms in total. The van der Waals surface area contributed by atoms with Gasteiger partial charge in [0.15, 0.2) is 0 Å². The van der Waals surface area contributed by atoms with Crippen LogP contribution in [-0.4, -0.2) is 0 Å². The topological polar surface area (TPSA) is 15.3 Å². The molecule has 0 atom stereocenters. The van der Waals surface area contributed by atoms with E-state index in [4.69, 9.17) is 0 Å². The molecule has 0 saturated carbocycles. The van der Waals surface area contributed by atoms with Crippen LogP contribution in [0.2, 0.25) is 0 Å². The number of rotatable bonds is 11. The van der Waals surface area contributed by atoms with Crippen LogP contribution in [0.5, 0.6) is 0 Å². The largest absolute Gasteiger partial charge is 0.354 e. The molecule has 0 bridgehead atoms. The second kappa shape index (κ2) is 12.6. The Balaban J connectivity index is 1.87. The molecular formula is C32H32F4N2. The van der Waals surface area contributed by atoms with Crippen LogP contribution in [-0.2, 0) is 12.8 Å². The molecular weight excluding hydrogens is 488 g/mol. The Kier molecular flexibility index (Phi) is 9.06. The van der Waals surface area contributed by atoms with Crippen LogP contribution < -0.4 is 10.2 Å². The van der Waals surface area contributed by atoms with Crippen molar-refractivity contribution in [3.63, 3.8) is 0 Å². The monoisotopic (exact) mass is 520 g/mol. The molecule has 0 radical (unpaired) electrons. The first-order chi connectivity index (χ1) is 18.4. The van der Waals surface area contributed by atoms with Crippen LogP contribution in [0.15, 0.2) is 78.9 Å². The van der Waals surface area contributed by atoms with Crippen LogP contribution in [0.4, 0.5) is 46.0 Å². The fourth-order valence-corrected chi connectivity index (χ4v) is 4.47. The lowest BCUT2D eigenvalue weighted by Crippen LogP contribution is -2.13. The number of unbranched alkanes of at least 4 members (excludes halogenated alkanes) is 2. The molecule has 0 aliphatic carbocycles. The summed E-state index contributed by atoms with van der Waals surface area (Å²) in [6.07, 6.45) is 5.89. The average Bonchev–Trinajstić information content (AvgIpc) is 2.87. The molecule has 0 unspecified atom stereocenters. The van der Waals surface area contributed by atoms with Gasteiger partial charge in [-0.2, -0.15) is 0 Å². The third kappa shape index (κ3) is 6.94. The summed E-state index contributed by atoms with van der Waals surface area (Å²) in [7, 11) is 0. The Morgan fingerprint density at radius 1 is 0.579 bits per heavy atom. The first kappa shape index (κ1) is 27.2. The molecule has 1 N–H and O–H groups in total. The Hall–Kier alpha value is -3.80. The normalized spacial score (nSPS) is 11.0. The predicted molar refractivity (Wildman–Crippen MR) is 148 cm³/mol. The van der Waals surface area contributed by atoms with Crippen molar-refractivity contribution < 1.29 is 17.6 Å². The predicted octanol–water partition coefficient (Wildman–Crippen LogP) is 10.1. The third-order valence-electron chi connectivity index (χ3n) is 6.38. The maximum absolute atomic E-state index is 14.4. The average molecular weight is 521 g/mol. The highest BCUT2D eigenvalue weighted by atomic mass is 19.1. The Bertz CT molecular complexity index is 1330. The van der Waals surface area contributed by atoms with Gasteiger partial charge in [0.2, 0.25) is 0 Å². The molecule has 4 rings (SSSR count). The molecule has 0 aliphatic rings. The summed E-state index contributed by atoms with van der Waals surface area (Å²) in [6, 6.07) is 20.2. The SMILES string of the molecule is CCCCc1ccc(N(c2cc(F)cc(F)c2)c2cc(CCCC)ccc2Nc2cc(F)cc(F)c2)cc1. The minimum absolute atomic E-state index is 0.227. The zero-order valence-electron chi connectivity index (χ0n) is 21.7. The van der Waals surface area contributed by atoms with E-state index in [9.17, 15) is 17.6 Å².